The van der Waals surface area contributed by atoms with Gasteiger partial charge in [0, 0.05) is 6.42 Å². The summed E-state index contributed by atoms with van der Waals surface area (Å²) >= 11 is 0. The number of ether oxygens (including phenoxy) is 3. The molecule has 1 rings (SSSR count). The number of hydrogen-bond donors (Lipinski definition) is 6. The van der Waals surface area contributed by atoms with Gasteiger partial charge in [-0.05, 0) is 77.0 Å². The Morgan fingerprint density at radius 2 is 1.07 bits per heavy atom. The van der Waals surface area contributed by atoms with Gasteiger partial charge < -0.3 is 45.1 Å². The number of hydrogen-bond acceptors (Lipinski definition) is 10. The normalized spacial score (nSPS) is 20.5. The van der Waals surface area contributed by atoms with Gasteiger partial charge in [-0.1, -0.05) is 226 Å². The van der Waals surface area contributed by atoms with Crippen LogP contribution in [0.25, 0.3) is 0 Å². The SMILES string of the molecule is CC\C=C/C=C/C=C/C=C\C=C\C=C\CCCCC(O)C(=O)NC(COC1OC(CO)C(O)C(O)C1OC(=O)CCCCCC/C=C/C/C=C/C/C=C/CC)C(O)/C=C/CCCCCCCCCCCCC. The van der Waals surface area contributed by atoms with Gasteiger partial charge in [0.2, 0.25) is 5.91 Å². The Kier molecular flexibility index (Phi) is 44.1. The second-order valence-electron chi connectivity index (χ2n) is 18.7. The summed E-state index contributed by atoms with van der Waals surface area (Å²) < 4.78 is 17.5. The van der Waals surface area contributed by atoms with Crippen molar-refractivity contribution in [2.75, 3.05) is 13.2 Å². The van der Waals surface area contributed by atoms with Gasteiger partial charge >= 0.3 is 5.97 Å². The van der Waals surface area contributed by atoms with E-state index in [1.54, 1.807) is 6.08 Å². The average molecular weight is 1010 g/mol. The van der Waals surface area contributed by atoms with Gasteiger partial charge in [0.25, 0.3) is 0 Å². The first-order valence-electron chi connectivity index (χ1n) is 27.9. The van der Waals surface area contributed by atoms with Crippen LogP contribution in [-0.4, -0.2) is 99.6 Å². The van der Waals surface area contributed by atoms with Gasteiger partial charge in [-0.3, -0.25) is 9.59 Å². The highest BCUT2D eigenvalue weighted by Gasteiger charge is 2.47. The Morgan fingerprint density at radius 3 is 1.67 bits per heavy atom. The van der Waals surface area contributed by atoms with E-state index in [0.717, 1.165) is 89.9 Å². The van der Waals surface area contributed by atoms with E-state index in [9.17, 15) is 35.1 Å². The van der Waals surface area contributed by atoms with Gasteiger partial charge in [0.1, 0.15) is 24.4 Å². The number of amides is 1. The highest BCUT2D eigenvalue weighted by Crippen LogP contribution is 2.26. The van der Waals surface area contributed by atoms with Gasteiger partial charge in [0.15, 0.2) is 12.4 Å². The first-order chi connectivity index (χ1) is 35.2. The molecule has 1 heterocycles. The van der Waals surface area contributed by atoms with Gasteiger partial charge in [-0.25, -0.2) is 0 Å². The standard InChI is InChI=1S/C61H99NO10/c1-4-7-10-13-16-19-22-25-27-28-30-33-36-39-42-45-48-54(65)60(69)62-52(53(64)47-44-41-38-35-32-29-24-21-18-15-12-9-6-3)51-70-61-59(58(68)57(67)55(50-63)71-61)72-56(66)49-46-43-40-37-34-31-26-23-20-17-14-11-8-5-2/h7-8,10-11,13,16-17,19-20,22,25-28,30-31,33,36,44,47,52-55,57-59,61,63-65,67-68H,4-6,9,12,14-15,18,21,23-24,29,32,34-35,37-43,45-46,48-51H2,1-3H3,(H,62,69)/b10-7-,11-8+,16-13+,20-17+,22-19+,27-25-,30-28+,31-26+,36-33+,47-44+. The second-order valence-corrected chi connectivity index (χ2v) is 18.7. The maximum absolute atomic E-state index is 13.4. The number of allylic oxidation sites excluding steroid dienone is 19. The predicted molar refractivity (Wildman–Crippen MR) is 296 cm³/mol. The van der Waals surface area contributed by atoms with E-state index in [-0.39, 0.29) is 19.4 Å². The summed E-state index contributed by atoms with van der Waals surface area (Å²) in [4.78, 5) is 26.4. The summed E-state index contributed by atoms with van der Waals surface area (Å²) in [6.45, 7) is 5.45. The third-order valence-electron chi connectivity index (χ3n) is 12.3. The van der Waals surface area contributed by atoms with Gasteiger partial charge in [0.05, 0.1) is 25.4 Å². The van der Waals surface area contributed by atoms with Crippen molar-refractivity contribution in [1.29, 1.82) is 0 Å². The predicted octanol–water partition coefficient (Wildman–Crippen LogP) is 12.3. The van der Waals surface area contributed by atoms with Crippen LogP contribution in [0, 0.1) is 0 Å². The van der Waals surface area contributed by atoms with E-state index in [1.165, 1.54) is 51.4 Å². The quantitative estimate of drug-likeness (QED) is 0.0149. The molecule has 0 bridgehead atoms. The molecule has 8 unspecified atom stereocenters. The van der Waals surface area contributed by atoms with Crippen molar-refractivity contribution in [3.63, 3.8) is 0 Å². The van der Waals surface area contributed by atoms with Gasteiger partial charge in [-0.2, -0.15) is 0 Å². The van der Waals surface area contributed by atoms with Gasteiger partial charge in [-0.15, -0.1) is 0 Å². The second kappa shape index (κ2) is 48.0. The molecule has 11 nitrogen and oxygen atoms in total. The molecule has 0 aliphatic carbocycles. The Morgan fingerprint density at radius 1 is 0.569 bits per heavy atom. The van der Waals surface area contributed by atoms with Crippen LogP contribution in [-0.2, 0) is 23.8 Å². The zero-order valence-corrected chi connectivity index (χ0v) is 44.7. The highest BCUT2D eigenvalue weighted by atomic mass is 16.7. The topological polar surface area (TPSA) is 175 Å². The number of unbranched alkanes of at least 4 members (excludes halogenated alkanes) is 17. The van der Waals surface area contributed by atoms with Crippen LogP contribution in [0.15, 0.2) is 122 Å². The van der Waals surface area contributed by atoms with E-state index in [2.05, 4.69) is 68.6 Å². The Labute approximate surface area is 436 Å². The van der Waals surface area contributed by atoms with E-state index >= 15 is 0 Å². The molecule has 1 saturated heterocycles. The van der Waals surface area contributed by atoms with Crippen molar-refractivity contribution in [3.05, 3.63) is 122 Å². The summed E-state index contributed by atoms with van der Waals surface area (Å²) in [6, 6.07) is -1.06. The molecule has 0 saturated carbocycles. The van der Waals surface area contributed by atoms with E-state index in [1.807, 2.05) is 72.9 Å². The van der Waals surface area contributed by atoms with Crippen molar-refractivity contribution < 1.29 is 49.3 Å². The number of carbonyl (C=O) groups is 2. The number of rotatable bonds is 44. The number of esters is 1. The largest absolute Gasteiger partial charge is 0.454 e. The lowest BCUT2D eigenvalue weighted by Crippen LogP contribution is -2.61. The van der Waals surface area contributed by atoms with Crippen LogP contribution in [0.1, 0.15) is 188 Å². The third kappa shape index (κ3) is 36.1. The lowest BCUT2D eigenvalue weighted by atomic mass is 9.99. The molecule has 0 aromatic rings. The van der Waals surface area contributed by atoms with Crippen molar-refractivity contribution in [2.24, 2.45) is 0 Å². The molecule has 72 heavy (non-hydrogen) atoms. The van der Waals surface area contributed by atoms with E-state index in [0.29, 0.717) is 12.8 Å². The van der Waals surface area contributed by atoms with Crippen LogP contribution in [0.2, 0.25) is 0 Å². The third-order valence-corrected chi connectivity index (χ3v) is 12.3. The molecular weight excluding hydrogens is 907 g/mol. The highest BCUT2D eigenvalue weighted by molar-refractivity contribution is 5.80. The van der Waals surface area contributed by atoms with Crippen LogP contribution in [0.3, 0.4) is 0 Å². The first kappa shape index (κ1) is 66.1. The molecular formula is C61H99NO10. The summed E-state index contributed by atoms with van der Waals surface area (Å²) in [5, 5.41) is 56.7. The molecule has 11 heteroatoms. The molecule has 1 aliphatic rings. The maximum Gasteiger partial charge on any atom is 0.306 e. The molecule has 1 fully saturated rings. The molecule has 0 radical (unpaired) electrons. The molecule has 6 N–H and O–H groups in total. The molecule has 1 amide bonds. The smallest absolute Gasteiger partial charge is 0.306 e. The van der Waals surface area contributed by atoms with Crippen molar-refractivity contribution in [2.45, 2.75) is 237 Å². The number of carbonyl (C=O) groups excluding carboxylic acids is 2. The lowest BCUT2D eigenvalue weighted by molar-refractivity contribution is -0.305. The van der Waals surface area contributed by atoms with Crippen molar-refractivity contribution in [1.82, 2.24) is 5.32 Å². The minimum Gasteiger partial charge on any atom is -0.454 e. The fourth-order valence-electron chi connectivity index (χ4n) is 7.87. The minimum atomic E-state index is -1.64. The summed E-state index contributed by atoms with van der Waals surface area (Å²) in [5.74, 6) is -1.28. The summed E-state index contributed by atoms with van der Waals surface area (Å²) in [7, 11) is 0. The number of aliphatic hydroxyl groups excluding tert-OH is 5. The van der Waals surface area contributed by atoms with E-state index < -0.39 is 67.4 Å². The molecule has 8 atom stereocenters. The Hall–Kier alpha value is -3.94. The van der Waals surface area contributed by atoms with Crippen molar-refractivity contribution in [3.8, 4) is 0 Å². The average Bonchev–Trinajstić information content (AvgIpc) is 3.38. The first-order valence-corrected chi connectivity index (χ1v) is 27.9. The fourth-order valence-corrected chi connectivity index (χ4v) is 7.87. The minimum absolute atomic E-state index is 0.0843. The zero-order valence-electron chi connectivity index (χ0n) is 44.7. The van der Waals surface area contributed by atoms with Crippen LogP contribution in [0.5, 0.6) is 0 Å². The molecule has 0 aromatic heterocycles. The summed E-state index contributed by atoms with van der Waals surface area (Å²) in [6.07, 6.45) is 55.2. The van der Waals surface area contributed by atoms with Crippen molar-refractivity contribution >= 4 is 11.9 Å². The molecule has 1 aliphatic heterocycles. The number of nitrogens with one attached hydrogen (secondary N) is 1. The maximum atomic E-state index is 13.4. The summed E-state index contributed by atoms with van der Waals surface area (Å²) in [5.41, 5.74) is 0. The van der Waals surface area contributed by atoms with Crippen LogP contribution in [0.4, 0.5) is 0 Å². The monoisotopic (exact) mass is 1010 g/mol. The molecule has 408 valence electrons. The zero-order chi connectivity index (χ0) is 52.5. The lowest BCUT2D eigenvalue weighted by Gasteiger charge is -2.41. The van der Waals surface area contributed by atoms with Crippen LogP contribution < -0.4 is 5.32 Å². The Bertz CT molecular complexity index is 1630. The molecule has 0 aromatic carbocycles. The Balaban J connectivity index is 2.83. The van der Waals surface area contributed by atoms with Crippen LogP contribution >= 0.6 is 0 Å². The van der Waals surface area contributed by atoms with E-state index in [4.69, 9.17) is 14.2 Å². The number of aliphatic hydroxyl groups is 5. The fraction of sp³-hybridized carbons (Fsp3) is 0.639. The molecule has 0 spiro atoms.